The number of hydrogen-bond donors (Lipinski definition) is 1. The van der Waals surface area contributed by atoms with Gasteiger partial charge in [-0.1, -0.05) is 6.08 Å². The average molecular weight is 285 g/mol. The third-order valence-electron chi connectivity index (χ3n) is 3.07. The second kappa shape index (κ2) is 5.44. The lowest BCUT2D eigenvalue weighted by atomic mass is 9.95. The molecule has 114 valence electrons. The summed E-state index contributed by atoms with van der Waals surface area (Å²) in [5, 5.41) is 10.4. The number of ether oxygens (including phenoxy) is 2. The third kappa shape index (κ3) is 3.30. The van der Waals surface area contributed by atoms with Crippen molar-refractivity contribution in [1.82, 2.24) is 4.90 Å². The van der Waals surface area contributed by atoms with Crippen molar-refractivity contribution in [2.75, 3.05) is 13.7 Å². The van der Waals surface area contributed by atoms with Crippen LogP contribution in [0.4, 0.5) is 4.79 Å². The molecule has 1 amide bonds. The minimum absolute atomic E-state index is 0.0125. The number of rotatable bonds is 1. The molecule has 1 saturated heterocycles. The highest BCUT2D eigenvalue weighted by Crippen LogP contribution is 2.34. The summed E-state index contributed by atoms with van der Waals surface area (Å²) in [4.78, 5) is 25.3. The molecular weight excluding hydrogens is 262 g/mol. The van der Waals surface area contributed by atoms with Crippen LogP contribution in [0.2, 0.25) is 0 Å². The minimum Gasteiger partial charge on any atom is -0.467 e. The van der Waals surface area contributed by atoms with Gasteiger partial charge in [-0.05, 0) is 40.2 Å². The van der Waals surface area contributed by atoms with Gasteiger partial charge in [-0.2, -0.15) is 0 Å². The third-order valence-corrected chi connectivity index (χ3v) is 3.07. The molecule has 2 atom stereocenters. The Morgan fingerprint density at radius 2 is 2.00 bits per heavy atom. The molecule has 1 fully saturated rings. The Kier molecular flexibility index (Phi) is 4.49. The summed E-state index contributed by atoms with van der Waals surface area (Å²) in [6.07, 6.45) is 0.983. The van der Waals surface area contributed by atoms with E-state index in [9.17, 15) is 14.7 Å². The van der Waals surface area contributed by atoms with Crippen LogP contribution in [-0.4, -0.2) is 53.0 Å². The number of amides is 1. The van der Waals surface area contributed by atoms with Crippen molar-refractivity contribution in [3.05, 3.63) is 11.6 Å². The van der Waals surface area contributed by atoms with Crippen LogP contribution in [0.25, 0.3) is 0 Å². The van der Waals surface area contributed by atoms with Gasteiger partial charge in [-0.3, -0.25) is 4.90 Å². The Morgan fingerprint density at radius 3 is 2.40 bits per heavy atom. The molecule has 0 aliphatic carbocycles. The highest BCUT2D eigenvalue weighted by molar-refractivity contribution is 5.86. The summed E-state index contributed by atoms with van der Waals surface area (Å²) in [5.74, 6) is -0.596. The second-order valence-electron chi connectivity index (χ2n) is 6.05. The number of esters is 1. The lowest BCUT2D eigenvalue weighted by Gasteiger charge is -2.27. The van der Waals surface area contributed by atoms with Gasteiger partial charge in [0.05, 0.1) is 13.7 Å². The monoisotopic (exact) mass is 285 g/mol. The number of hydrogen-bond acceptors (Lipinski definition) is 5. The number of methoxy groups -OCH3 is 1. The fraction of sp³-hybridized carbons (Fsp3) is 0.714. The fourth-order valence-corrected chi connectivity index (χ4v) is 2.30. The van der Waals surface area contributed by atoms with Crippen LogP contribution in [-0.2, 0) is 14.3 Å². The van der Waals surface area contributed by atoms with Crippen molar-refractivity contribution >= 4 is 12.1 Å². The average Bonchev–Trinajstić information content (AvgIpc) is 2.57. The molecule has 0 aromatic heterocycles. The molecule has 0 bridgehead atoms. The van der Waals surface area contributed by atoms with Crippen molar-refractivity contribution in [2.45, 2.75) is 51.9 Å². The molecule has 1 aliphatic heterocycles. The zero-order valence-corrected chi connectivity index (χ0v) is 12.9. The van der Waals surface area contributed by atoms with Crippen LogP contribution in [0.3, 0.4) is 0 Å². The highest BCUT2D eigenvalue weighted by atomic mass is 16.6. The highest BCUT2D eigenvalue weighted by Gasteiger charge is 2.50. The predicted molar refractivity (Wildman–Crippen MR) is 73.1 cm³/mol. The second-order valence-corrected chi connectivity index (χ2v) is 6.05. The molecule has 6 nitrogen and oxygen atoms in total. The molecule has 1 N–H and O–H groups in total. The van der Waals surface area contributed by atoms with Gasteiger partial charge in [-0.15, -0.1) is 0 Å². The summed E-state index contributed by atoms with van der Waals surface area (Å²) in [6.45, 7) is 8.47. The van der Waals surface area contributed by atoms with Gasteiger partial charge in [0, 0.05) is 0 Å². The number of β-amino-alcohol motifs (C(OH)–C–C–N with tert-alkyl or cyclic N) is 1. The number of carbonyl (C=O) groups excluding carboxylic acids is 2. The van der Waals surface area contributed by atoms with Gasteiger partial charge < -0.3 is 14.6 Å². The maximum Gasteiger partial charge on any atom is 0.411 e. The van der Waals surface area contributed by atoms with E-state index in [2.05, 4.69) is 0 Å². The van der Waals surface area contributed by atoms with Crippen LogP contribution in [0.1, 0.15) is 34.6 Å². The van der Waals surface area contributed by atoms with Crippen LogP contribution in [0.5, 0.6) is 0 Å². The first kappa shape index (κ1) is 16.5. The van der Waals surface area contributed by atoms with E-state index in [4.69, 9.17) is 9.47 Å². The molecule has 1 rings (SSSR count). The van der Waals surface area contributed by atoms with Gasteiger partial charge in [-0.25, -0.2) is 9.59 Å². The maximum absolute atomic E-state index is 12.2. The smallest absolute Gasteiger partial charge is 0.411 e. The zero-order valence-electron chi connectivity index (χ0n) is 12.9. The Balaban J connectivity index is 3.11. The Morgan fingerprint density at radius 1 is 1.45 bits per heavy atom. The van der Waals surface area contributed by atoms with Crippen molar-refractivity contribution in [3.8, 4) is 0 Å². The maximum atomic E-state index is 12.2. The van der Waals surface area contributed by atoms with E-state index in [1.165, 1.54) is 12.0 Å². The molecule has 0 aromatic rings. The fourth-order valence-electron chi connectivity index (χ4n) is 2.30. The van der Waals surface area contributed by atoms with Gasteiger partial charge in [0.25, 0.3) is 0 Å². The Labute approximate surface area is 119 Å². The number of nitrogens with zero attached hydrogens (tertiary/aromatic N) is 1. The van der Waals surface area contributed by atoms with E-state index in [-0.39, 0.29) is 6.54 Å². The van der Waals surface area contributed by atoms with Crippen molar-refractivity contribution in [1.29, 1.82) is 0 Å². The van der Waals surface area contributed by atoms with Crippen molar-refractivity contribution < 1.29 is 24.2 Å². The molecule has 0 aromatic carbocycles. The van der Waals surface area contributed by atoms with E-state index in [1.54, 1.807) is 40.7 Å². The van der Waals surface area contributed by atoms with E-state index in [1.807, 2.05) is 0 Å². The topological polar surface area (TPSA) is 76.1 Å². The Hall–Kier alpha value is -1.56. The SMILES string of the molecule is C/C=C1\[C@@H](C(=O)OC)N(C(=O)OC(C)(C)C)C[C@@]1(C)O. The van der Waals surface area contributed by atoms with E-state index in [0.29, 0.717) is 5.57 Å². The van der Waals surface area contributed by atoms with Gasteiger partial charge in [0.1, 0.15) is 11.2 Å². The number of carbonyl (C=O) groups is 2. The number of aliphatic hydroxyl groups is 1. The largest absolute Gasteiger partial charge is 0.467 e. The standard InChI is InChI=1S/C14H23NO5/c1-7-9-10(11(16)19-6)15(8-14(9,5)18)12(17)20-13(2,3)4/h7,10,18H,8H2,1-6H3/b9-7+/t10-,14+/m0/s1. The summed E-state index contributed by atoms with van der Waals surface area (Å²) in [6, 6.07) is -0.949. The molecular formula is C14H23NO5. The quantitative estimate of drug-likeness (QED) is 0.583. The molecule has 1 heterocycles. The first-order valence-electron chi connectivity index (χ1n) is 6.50. The van der Waals surface area contributed by atoms with Crippen LogP contribution in [0.15, 0.2) is 11.6 Å². The number of allylic oxidation sites excluding steroid dienone is 1. The summed E-state index contributed by atoms with van der Waals surface area (Å²) in [7, 11) is 1.25. The molecule has 0 radical (unpaired) electrons. The summed E-state index contributed by atoms with van der Waals surface area (Å²) < 4.78 is 10.0. The minimum atomic E-state index is -1.27. The van der Waals surface area contributed by atoms with Crippen LogP contribution >= 0.6 is 0 Å². The molecule has 0 saturated carbocycles. The lowest BCUT2D eigenvalue weighted by molar-refractivity contribution is -0.144. The van der Waals surface area contributed by atoms with Gasteiger partial charge >= 0.3 is 12.1 Å². The normalized spacial score (nSPS) is 28.6. The van der Waals surface area contributed by atoms with Crippen LogP contribution in [0, 0.1) is 0 Å². The lowest BCUT2D eigenvalue weighted by Crippen LogP contribution is -2.44. The first-order chi connectivity index (χ1) is 9.03. The van der Waals surface area contributed by atoms with Gasteiger partial charge in [0.15, 0.2) is 6.04 Å². The summed E-state index contributed by atoms with van der Waals surface area (Å²) >= 11 is 0. The molecule has 0 spiro atoms. The molecule has 6 heteroatoms. The van der Waals surface area contributed by atoms with E-state index >= 15 is 0 Å². The van der Waals surface area contributed by atoms with Crippen LogP contribution < -0.4 is 0 Å². The number of likely N-dealkylation sites (tertiary alicyclic amines) is 1. The zero-order chi connectivity index (χ0) is 15.7. The first-order valence-corrected chi connectivity index (χ1v) is 6.50. The van der Waals surface area contributed by atoms with Gasteiger partial charge in [0.2, 0.25) is 0 Å². The Bertz CT molecular complexity index is 433. The van der Waals surface area contributed by atoms with E-state index in [0.717, 1.165) is 0 Å². The molecule has 1 aliphatic rings. The van der Waals surface area contributed by atoms with Crippen molar-refractivity contribution in [2.24, 2.45) is 0 Å². The predicted octanol–water partition coefficient (Wildman–Crippen LogP) is 1.48. The molecule has 0 unspecified atom stereocenters. The molecule has 20 heavy (non-hydrogen) atoms. The summed E-state index contributed by atoms with van der Waals surface area (Å²) in [5.41, 5.74) is -1.51. The van der Waals surface area contributed by atoms with E-state index < -0.39 is 29.3 Å². The van der Waals surface area contributed by atoms with Crippen molar-refractivity contribution in [3.63, 3.8) is 0 Å².